The monoisotopic (exact) mass is 262 g/mol. The molecule has 1 aromatic heterocycles. The number of rotatable bonds is 1. The first-order chi connectivity index (χ1) is 9.83. The highest BCUT2D eigenvalue weighted by Gasteiger charge is 2.24. The minimum absolute atomic E-state index is 0.284. The maximum atomic E-state index is 3.64. The van der Waals surface area contributed by atoms with E-state index in [1.807, 2.05) is 0 Å². The molecule has 20 heavy (non-hydrogen) atoms. The number of hydrogen-bond donors (Lipinski definition) is 2. The zero-order valence-corrected chi connectivity index (χ0v) is 11.6. The van der Waals surface area contributed by atoms with Gasteiger partial charge in [-0.3, -0.25) is 0 Å². The van der Waals surface area contributed by atoms with Crippen molar-refractivity contribution >= 4 is 10.9 Å². The van der Waals surface area contributed by atoms with Crippen LogP contribution in [-0.4, -0.2) is 11.5 Å². The van der Waals surface area contributed by atoms with Crippen molar-refractivity contribution in [2.45, 2.75) is 19.4 Å². The molecule has 2 heteroatoms. The summed E-state index contributed by atoms with van der Waals surface area (Å²) in [5.41, 5.74) is 6.70. The van der Waals surface area contributed by atoms with Gasteiger partial charge >= 0.3 is 0 Å². The molecule has 4 rings (SSSR count). The lowest BCUT2D eigenvalue weighted by Gasteiger charge is -2.25. The fourth-order valence-corrected chi connectivity index (χ4v) is 3.22. The number of hydrogen-bond acceptors (Lipinski definition) is 1. The van der Waals surface area contributed by atoms with E-state index >= 15 is 0 Å². The van der Waals surface area contributed by atoms with Crippen LogP contribution in [0.3, 0.4) is 0 Å². The standard InChI is InChI=1S/C18H18N2/c1-12-6-8-13(9-7-12)17-18-15(10-11-19-17)14-4-2-3-5-16(14)20-18/h2-9,17,19-20H,10-11H2,1H3. The summed E-state index contributed by atoms with van der Waals surface area (Å²) in [5, 5.41) is 5.02. The van der Waals surface area contributed by atoms with Crippen LogP contribution < -0.4 is 5.32 Å². The maximum Gasteiger partial charge on any atom is 0.0732 e. The lowest BCUT2D eigenvalue weighted by atomic mass is 9.94. The third-order valence-electron chi connectivity index (χ3n) is 4.27. The Kier molecular flexibility index (Phi) is 2.64. The molecular weight excluding hydrogens is 244 g/mol. The van der Waals surface area contributed by atoms with Gasteiger partial charge in [0.05, 0.1) is 6.04 Å². The first-order valence-corrected chi connectivity index (χ1v) is 7.22. The number of aryl methyl sites for hydroxylation is 1. The van der Waals surface area contributed by atoms with E-state index in [1.165, 1.54) is 33.3 Å². The molecule has 0 saturated heterocycles. The van der Waals surface area contributed by atoms with Gasteiger partial charge in [-0.05, 0) is 30.5 Å². The summed E-state index contributed by atoms with van der Waals surface area (Å²) < 4.78 is 0. The minimum atomic E-state index is 0.284. The Morgan fingerprint density at radius 2 is 1.80 bits per heavy atom. The van der Waals surface area contributed by atoms with Gasteiger partial charge in [0.2, 0.25) is 0 Å². The van der Waals surface area contributed by atoms with E-state index < -0.39 is 0 Å². The smallest absolute Gasteiger partial charge is 0.0732 e. The number of H-pyrrole nitrogens is 1. The zero-order chi connectivity index (χ0) is 13.5. The van der Waals surface area contributed by atoms with Crippen molar-refractivity contribution < 1.29 is 0 Å². The zero-order valence-electron chi connectivity index (χ0n) is 11.6. The van der Waals surface area contributed by atoms with Gasteiger partial charge in [-0.2, -0.15) is 0 Å². The maximum absolute atomic E-state index is 3.64. The number of aromatic nitrogens is 1. The third kappa shape index (κ3) is 1.76. The Hall–Kier alpha value is -2.06. The normalized spacial score (nSPS) is 18.1. The Morgan fingerprint density at radius 1 is 1.00 bits per heavy atom. The van der Waals surface area contributed by atoms with Crippen LogP contribution in [0.4, 0.5) is 0 Å². The molecule has 0 bridgehead atoms. The Labute approximate surface area is 118 Å². The van der Waals surface area contributed by atoms with Gasteiger partial charge in [0.15, 0.2) is 0 Å². The van der Waals surface area contributed by atoms with Crippen molar-refractivity contribution in [2.24, 2.45) is 0 Å². The summed E-state index contributed by atoms with van der Waals surface area (Å²) >= 11 is 0. The van der Waals surface area contributed by atoms with Crippen LogP contribution in [0.25, 0.3) is 10.9 Å². The van der Waals surface area contributed by atoms with E-state index in [-0.39, 0.29) is 6.04 Å². The van der Waals surface area contributed by atoms with Crippen molar-refractivity contribution in [3.63, 3.8) is 0 Å². The molecule has 0 radical (unpaired) electrons. The first kappa shape index (κ1) is 11.7. The summed E-state index contributed by atoms with van der Waals surface area (Å²) in [6.07, 6.45) is 1.10. The van der Waals surface area contributed by atoms with Crippen LogP contribution >= 0.6 is 0 Å². The summed E-state index contributed by atoms with van der Waals surface area (Å²) in [6, 6.07) is 17.7. The molecule has 100 valence electrons. The second-order valence-electron chi connectivity index (χ2n) is 5.61. The van der Waals surface area contributed by atoms with Crippen LogP contribution in [0.5, 0.6) is 0 Å². The van der Waals surface area contributed by atoms with Crippen LogP contribution in [0, 0.1) is 6.92 Å². The summed E-state index contributed by atoms with van der Waals surface area (Å²) in [5.74, 6) is 0. The molecule has 3 aromatic rings. The number of nitrogens with one attached hydrogen (secondary N) is 2. The van der Waals surface area contributed by atoms with Gasteiger partial charge in [-0.15, -0.1) is 0 Å². The second-order valence-corrected chi connectivity index (χ2v) is 5.61. The van der Waals surface area contributed by atoms with Gasteiger partial charge in [0.25, 0.3) is 0 Å². The summed E-state index contributed by atoms with van der Waals surface area (Å²) in [7, 11) is 0. The molecule has 1 unspecified atom stereocenters. The molecular formula is C18H18N2. The van der Waals surface area contributed by atoms with E-state index in [1.54, 1.807) is 0 Å². The van der Waals surface area contributed by atoms with Gasteiger partial charge in [0.1, 0.15) is 0 Å². The largest absolute Gasteiger partial charge is 0.357 e. The highest BCUT2D eigenvalue weighted by atomic mass is 15.0. The van der Waals surface area contributed by atoms with Crippen molar-refractivity contribution in [3.8, 4) is 0 Å². The average molecular weight is 262 g/mol. The molecule has 0 amide bonds. The Bertz CT molecular complexity index is 753. The number of fused-ring (bicyclic) bond motifs is 3. The molecule has 2 N–H and O–H groups in total. The number of para-hydroxylation sites is 1. The molecule has 2 heterocycles. The summed E-state index contributed by atoms with van der Waals surface area (Å²) in [6.45, 7) is 3.17. The first-order valence-electron chi connectivity index (χ1n) is 7.22. The highest BCUT2D eigenvalue weighted by molar-refractivity contribution is 5.85. The van der Waals surface area contributed by atoms with Crippen LogP contribution in [0.15, 0.2) is 48.5 Å². The van der Waals surface area contributed by atoms with E-state index in [9.17, 15) is 0 Å². The van der Waals surface area contributed by atoms with Crippen LogP contribution in [0.1, 0.15) is 28.4 Å². The van der Waals surface area contributed by atoms with Crippen molar-refractivity contribution in [1.82, 2.24) is 10.3 Å². The van der Waals surface area contributed by atoms with Gasteiger partial charge in [-0.25, -0.2) is 0 Å². The Balaban J connectivity index is 1.87. The fraction of sp³-hybridized carbons (Fsp3) is 0.222. The van der Waals surface area contributed by atoms with E-state index in [4.69, 9.17) is 0 Å². The molecule has 0 spiro atoms. The molecule has 1 aliphatic heterocycles. The van der Waals surface area contributed by atoms with Crippen molar-refractivity contribution in [1.29, 1.82) is 0 Å². The van der Waals surface area contributed by atoms with Crippen molar-refractivity contribution in [3.05, 3.63) is 70.9 Å². The van der Waals surface area contributed by atoms with E-state index in [0.29, 0.717) is 0 Å². The molecule has 0 fully saturated rings. The van der Waals surface area contributed by atoms with E-state index in [0.717, 1.165) is 13.0 Å². The molecule has 2 aromatic carbocycles. The predicted octanol–water partition coefficient (Wildman–Crippen LogP) is 3.71. The van der Waals surface area contributed by atoms with E-state index in [2.05, 4.69) is 65.8 Å². The fourth-order valence-electron chi connectivity index (χ4n) is 3.22. The SMILES string of the molecule is Cc1ccc(C2NCCc3c2[nH]c2ccccc32)cc1. The molecule has 1 aliphatic rings. The minimum Gasteiger partial charge on any atom is -0.357 e. The molecule has 0 aliphatic carbocycles. The Morgan fingerprint density at radius 3 is 2.65 bits per heavy atom. The molecule has 0 saturated carbocycles. The topological polar surface area (TPSA) is 27.8 Å². The summed E-state index contributed by atoms with van der Waals surface area (Å²) in [4.78, 5) is 3.62. The quantitative estimate of drug-likeness (QED) is 0.687. The second kappa shape index (κ2) is 4.50. The molecule has 2 nitrogen and oxygen atoms in total. The number of aromatic amines is 1. The van der Waals surface area contributed by atoms with Gasteiger partial charge < -0.3 is 10.3 Å². The number of benzene rings is 2. The van der Waals surface area contributed by atoms with Crippen LogP contribution in [0.2, 0.25) is 0 Å². The van der Waals surface area contributed by atoms with Crippen molar-refractivity contribution in [2.75, 3.05) is 6.54 Å². The highest BCUT2D eigenvalue weighted by Crippen LogP contribution is 2.33. The average Bonchev–Trinajstić information content (AvgIpc) is 2.87. The lowest BCUT2D eigenvalue weighted by molar-refractivity contribution is 0.560. The molecule has 1 atom stereocenters. The van der Waals surface area contributed by atoms with Gasteiger partial charge in [0, 0.05) is 23.1 Å². The lowest BCUT2D eigenvalue weighted by Crippen LogP contribution is -2.30. The predicted molar refractivity (Wildman–Crippen MR) is 83.0 cm³/mol. The van der Waals surface area contributed by atoms with Gasteiger partial charge in [-0.1, -0.05) is 48.0 Å². The van der Waals surface area contributed by atoms with Crippen LogP contribution in [-0.2, 0) is 6.42 Å². The third-order valence-corrected chi connectivity index (χ3v) is 4.27.